The molecule has 4 N–H and O–H groups in total. The summed E-state index contributed by atoms with van der Waals surface area (Å²) >= 11 is 0. The molecule has 1 atom stereocenters. The average Bonchev–Trinajstić information content (AvgIpc) is 2.02. The van der Waals surface area contributed by atoms with Gasteiger partial charge in [-0.3, -0.25) is 9.63 Å². The highest BCUT2D eigenvalue weighted by Crippen LogP contribution is 1.84. The van der Waals surface area contributed by atoms with Gasteiger partial charge in [-0.2, -0.15) is 0 Å². The molecule has 6 heteroatoms. The Hall–Kier alpha value is -1.14. The van der Waals surface area contributed by atoms with Crippen LogP contribution in [0.3, 0.4) is 0 Å². The first-order chi connectivity index (χ1) is 5.57. The maximum Gasteiger partial charge on any atom is 0.332 e. The van der Waals surface area contributed by atoms with E-state index < -0.39 is 24.5 Å². The summed E-state index contributed by atoms with van der Waals surface area (Å²) in [6, 6.07) is -0.654. The van der Waals surface area contributed by atoms with Gasteiger partial charge < -0.3 is 10.8 Å². The molecule has 0 fully saturated rings. The molecule has 70 valence electrons. The number of nitrogens with one attached hydrogen (secondary N) is 1. The lowest BCUT2D eigenvalue weighted by atomic mass is 10.2. The van der Waals surface area contributed by atoms with E-state index in [2.05, 4.69) is 4.84 Å². The van der Waals surface area contributed by atoms with Gasteiger partial charge >= 0.3 is 5.97 Å². The highest BCUT2D eigenvalue weighted by atomic mass is 16.7. The highest BCUT2D eigenvalue weighted by molar-refractivity contribution is 5.80. The van der Waals surface area contributed by atoms with Crippen molar-refractivity contribution in [1.82, 2.24) is 5.48 Å². The molecular weight excluding hydrogens is 164 g/mol. The van der Waals surface area contributed by atoms with Crippen LogP contribution in [-0.4, -0.2) is 29.6 Å². The van der Waals surface area contributed by atoms with Crippen LogP contribution < -0.4 is 11.2 Å². The van der Waals surface area contributed by atoms with Crippen LogP contribution in [0.1, 0.15) is 13.3 Å². The van der Waals surface area contributed by atoms with Crippen LogP contribution in [-0.2, 0) is 14.4 Å². The van der Waals surface area contributed by atoms with E-state index in [0.717, 1.165) is 0 Å². The van der Waals surface area contributed by atoms with Crippen LogP contribution in [0.5, 0.6) is 0 Å². The van der Waals surface area contributed by atoms with E-state index in [9.17, 15) is 9.59 Å². The number of carbonyl (C=O) groups is 2. The predicted octanol–water partition coefficient (Wildman–Crippen LogP) is -1.14. The normalized spacial score (nSPS) is 12.2. The van der Waals surface area contributed by atoms with Gasteiger partial charge in [-0.1, -0.05) is 6.92 Å². The second-order valence-corrected chi connectivity index (χ2v) is 2.16. The van der Waals surface area contributed by atoms with Crippen LogP contribution in [0.15, 0.2) is 0 Å². The molecule has 6 nitrogen and oxygen atoms in total. The monoisotopic (exact) mass is 176 g/mol. The number of carbonyl (C=O) groups excluding carboxylic acids is 1. The number of nitrogens with two attached hydrogens (primary N) is 1. The Kier molecular flexibility index (Phi) is 4.98. The number of aliphatic carboxylic acids is 1. The summed E-state index contributed by atoms with van der Waals surface area (Å²) in [6.45, 7) is 1.17. The SMILES string of the molecule is CCC(N)C(=O)NOCC(=O)O. The van der Waals surface area contributed by atoms with Crippen molar-refractivity contribution in [1.29, 1.82) is 0 Å². The first-order valence-corrected chi connectivity index (χ1v) is 3.47. The Morgan fingerprint density at radius 2 is 2.25 bits per heavy atom. The van der Waals surface area contributed by atoms with Crippen molar-refractivity contribution < 1.29 is 19.5 Å². The van der Waals surface area contributed by atoms with Gasteiger partial charge in [0.25, 0.3) is 5.91 Å². The van der Waals surface area contributed by atoms with E-state index in [1.807, 2.05) is 5.48 Å². The number of hydrogen-bond acceptors (Lipinski definition) is 4. The van der Waals surface area contributed by atoms with Crippen molar-refractivity contribution in [2.75, 3.05) is 6.61 Å². The fraction of sp³-hybridized carbons (Fsp3) is 0.667. The number of rotatable bonds is 5. The molecule has 0 saturated carbocycles. The zero-order chi connectivity index (χ0) is 9.56. The van der Waals surface area contributed by atoms with Crippen LogP contribution in [0.25, 0.3) is 0 Å². The second-order valence-electron chi connectivity index (χ2n) is 2.16. The molecule has 0 aromatic heterocycles. The smallest absolute Gasteiger partial charge is 0.332 e. The minimum Gasteiger partial charge on any atom is -0.479 e. The quantitative estimate of drug-likeness (QED) is 0.459. The van der Waals surface area contributed by atoms with Gasteiger partial charge in [-0.05, 0) is 6.42 Å². The standard InChI is InChI=1S/C6H12N2O4/c1-2-4(7)6(11)8-12-3-5(9)10/h4H,2-3,7H2,1H3,(H,8,11)(H,9,10). The molecule has 0 aromatic carbocycles. The van der Waals surface area contributed by atoms with Crippen molar-refractivity contribution in [3.05, 3.63) is 0 Å². The number of carboxylic acids is 1. The summed E-state index contributed by atoms with van der Waals surface area (Å²) in [6.07, 6.45) is 0.474. The lowest BCUT2D eigenvalue weighted by Crippen LogP contribution is -2.40. The Morgan fingerprint density at radius 3 is 2.67 bits per heavy atom. The van der Waals surface area contributed by atoms with E-state index in [4.69, 9.17) is 10.8 Å². The molecule has 0 radical (unpaired) electrons. The van der Waals surface area contributed by atoms with Gasteiger partial charge in [-0.15, -0.1) is 0 Å². The van der Waals surface area contributed by atoms with Crippen molar-refractivity contribution in [3.8, 4) is 0 Å². The largest absolute Gasteiger partial charge is 0.479 e. The summed E-state index contributed by atoms with van der Waals surface area (Å²) in [4.78, 5) is 25.0. The van der Waals surface area contributed by atoms with E-state index >= 15 is 0 Å². The lowest BCUT2D eigenvalue weighted by Gasteiger charge is -2.07. The first-order valence-electron chi connectivity index (χ1n) is 3.47. The summed E-state index contributed by atoms with van der Waals surface area (Å²) in [5, 5.41) is 8.11. The molecule has 0 aliphatic carbocycles. The lowest BCUT2D eigenvalue weighted by molar-refractivity contribution is -0.149. The van der Waals surface area contributed by atoms with E-state index in [-0.39, 0.29) is 0 Å². The zero-order valence-electron chi connectivity index (χ0n) is 6.74. The molecule has 12 heavy (non-hydrogen) atoms. The Bertz CT molecular complexity index is 171. The molecule has 0 bridgehead atoms. The minimum absolute atomic E-state index is 0.474. The Labute approximate surface area is 69.6 Å². The molecule has 1 unspecified atom stereocenters. The van der Waals surface area contributed by atoms with Crippen molar-refractivity contribution >= 4 is 11.9 Å². The van der Waals surface area contributed by atoms with Gasteiger partial charge in [0.2, 0.25) is 0 Å². The maximum absolute atomic E-state index is 10.8. The first kappa shape index (κ1) is 10.9. The fourth-order valence-electron chi connectivity index (χ4n) is 0.430. The van der Waals surface area contributed by atoms with Crippen molar-refractivity contribution in [2.45, 2.75) is 19.4 Å². The van der Waals surface area contributed by atoms with Crippen LogP contribution in [0.2, 0.25) is 0 Å². The van der Waals surface area contributed by atoms with Crippen molar-refractivity contribution in [2.24, 2.45) is 5.73 Å². The molecule has 0 rings (SSSR count). The average molecular weight is 176 g/mol. The van der Waals surface area contributed by atoms with Gasteiger partial charge in [0.05, 0.1) is 6.04 Å². The van der Waals surface area contributed by atoms with Crippen LogP contribution in [0, 0.1) is 0 Å². The van der Waals surface area contributed by atoms with Gasteiger partial charge in [0.1, 0.15) is 0 Å². The summed E-state index contributed by atoms with van der Waals surface area (Å²) < 4.78 is 0. The molecule has 0 aromatic rings. The van der Waals surface area contributed by atoms with Gasteiger partial charge in [0.15, 0.2) is 6.61 Å². The molecular formula is C6H12N2O4. The minimum atomic E-state index is -1.15. The second kappa shape index (κ2) is 5.50. The fourth-order valence-corrected chi connectivity index (χ4v) is 0.430. The number of hydroxylamine groups is 1. The van der Waals surface area contributed by atoms with Crippen molar-refractivity contribution in [3.63, 3.8) is 0 Å². The summed E-state index contributed by atoms with van der Waals surface area (Å²) in [7, 11) is 0. The molecule has 0 aliphatic rings. The van der Waals surface area contributed by atoms with E-state index in [1.165, 1.54) is 0 Å². The number of carboxylic acid groups (broad SMARTS) is 1. The van der Waals surface area contributed by atoms with Gasteiger partial charge in [0, 0.05) is 0 Å². The van der Waals surface area contributed by atoms with E-state index in [0.29, 0.717) is 6.42 Å². The van der Waals surface area contributed by atoms with E-state index in [1.54, 1.807) is 6.92 Å². The third-order valence-electron chi connectivity index (χ3n) is 1.15. The Balaban J connectivity index is 3.50. The molecule has 0 heterocycles. The zero-order valence-corrected chi connectivity index (χ0v) is 6.74. The summed E-state index contributed by atoms with van der Waals surface area (Å²) in [5.74, 6) is -1.67. The van der Waals surface area contributed by atoms with Gasteiger partial charge in [-0.25, -0.2) is 10.3 Å². The Morgan fingerprint density at radius 1 is 1.67 bits per heavy atom. The van der Waals surface area contributed by atoms with Crippen LogP contribution >= 0.6 is 0 Å². The molecule has 0 saturated heterocycles. The molecule has 0 spiro atoms. The highest BCUT2D eigenvalue weighted by Gasteiger charge is 2.10. The molecule has 0 aliphatic heterocycles. The summed E-state index contributed by atoms with van der Waals surface area (Å²) in [5.41, 5.74) is 7.21. The third kappa shape index (κ3) is 4.64. The predicted molar refractivity (Wildman–Crippen MR) is 40.0 cm³/mol. The number of hydrogen-bond donors (Lipinski definition) is 3. The number of amides is 1. The maximum atomic E-state index is 10.8. The topological polar surface area (TPSA) is 102 Å². The third-order valence-corrected chi connectivity index (χ3v) is 1.15. The molecule has 1 amide bonds. The van der Waals surface area contributed by atoms with Crippen LogP contribution in [0.4, 0.5) is 0 Å².